The Morgan fingerprint density at radius 3 is 2.23 bits per heavy atom. The number of carbonyl (C=O) groups excluding carboxylic acids is 2. The van der Waals surface area contributed by atoms with Crippen LogP contribution in [0.15, 0.2) is 18.2 Å². The second-order valence-corrected chi connectivity index (χ2v) is 3.20. The Bertz CT molecular complexity index is 503. The normalized spacial score (nSPS) is 8.41. The number of nitrogens with one attached hydrogen (secondary N) is 1. The van der Waals surface area contributed by atoms with Crippen LogP contribution >= 0.6 is 0 Å². The zero-order chi connectivity index (χ0) is 17.7. The minimum Gasteiger partial charge on any atom is -0.450 e. The third kappa shape index (κ3) is 7.22. The van der Waals surface area contributed by atoms with Gasteiger partial charge in [-0.3, -0.25) is 20.2 Å². The quantitative estimate of drug-likeness (QED) is 0.651. The Morgan fingerprint density at radius 2 is 1.82 bits per heavy atom. The highest BCUT2D eigenvalue weighted by molar-refractivity contribution is 6.02. The van der Waals surface area contributed by atoms with Crippen molar-refractivity contribution in [2.24, 2.45) is 5.73 Å². The number of nitro benzene ring substituents is 1. The maximum Gasteiger partial charge on any atom is 0.411 e. The number of primary amides is 1. The first-order valence-electron chi connectivity index (χ1n) is 6.97. The second-order valence-electron chi connectivity index (χ2n) is 3.20. The SMILES string of the molecule is CC.CC.CCOC(=O)Nc1ccc([N+](=O)[O-])cc1C(N)=O. The number of anilines is 1. The van der Waals surface area contributed by atoms with Crippen molar-refractivity contribution in [3.05, 3.63) is 33.9 Å². The fourth-order valence-electron chi connectivity index (χ4n) is 1.24. The topological polar surface area (TPSA) is 125 Å². The minimum absolute atomic E-state index is 0.0616. The molecule has 8 heteroatoms. The standard InChI is InChI=1S/C10H11N3O5.2C2H6/c1-2-18-10(15)12-8-4-3-6(13(16)17)5-7(8)9(11)14;2*1-2/h3-5H,2H2,1H3,(H2,11,14)(H,12,15);2*1-2H3. The van der Waals surface area contributed by atoms with Gasteiger partial charge in [0.25, 0.3) is 11.6 Å². The lowest BCUT2D eigenvalue weighted by atomic mass is 10.1. The van der Waals surface area contributed by atoms with Crippen molar-refractivity contribution in [2.45, 2.75) is 34.6 Å². The summed E-state index contributed by atoms with van der Waals surface area (Å²) in [7, 11) is 0. The van der Waals surface area contributed by atoms with Crippen LogP contribution in [0.5, 0.6) is 0 Å². The molecule has 0 atom stereocenters. The molecule has 0 spiro atoms. The summed E-state index contributed by atoms with van der Waals surface area (Å²) in [5.41, 5.74) is 4.69. The van der Waals surface area contributed by atoms with Crippen LogP contribution in [0.3, 0.4) is 0 Å². The van der Waals surface area contributed by atoms with Crippen LogP contribution in [0.25, 0.3) is 0 Å². The van der Waals surface area contributed by atoms with E-state index in [9.17, 15) is 19.7 Å². The van der Waals surface area contributed by atoms with E-state index >= 15 is 0 Å². The third-order valence-corrected chi connectivity index (χ3v) is 1.99. The fourth-order valence-corrected chi connectivity index (χ4v) is 1.24. The van der Waals surface area contributed by atoms with E-state index in [2.05, 4.69) is 10.1 Å². The Hall–Kier alpha value is -2.64. The average Bonchev–Trinajstić information content (AvgIpc) is 2.51. The molecular weight excluding hydrogens is 290 g/mol. The Kier molecular flexibility index (Phi) is 11.9. The lowest BCUT2D eigenvalue weighted by Crippen LogP contribution is -2.19. The van der Waals surface area contributed by atoms with Crippen LogP contribution in [0.4, 0.5) is 16.2 Å². The number of hydrogen-bond donors (Lipinski definition) is 2. The maximum atomic E-state index is 11.2. The summed E-state index contributed by atoms with van der Waals surface area (Å²) in [5.74, 6) is -0.884. The van der Waals surface area contributed by atoms with Gasteiger partial charge in [0, 0.05) is 12.1 Å². The van der Waals surface area contributed by atoms with E-state index in [1.54, 1.807) is 6.92 Å². The molecule has 0 aliphatic heterocycles. The van der Waals surface area contributed by atoms with Crippen molar-refractivity contribution in [1.29, 1.82) is 0 Å². The number of benzene rings is 1. The maximum absolute atomic E-state index is 11.2. The van der Waals surface area contributed by atoms with Gasteiger partial charge in [-0.2, -0.15) is 0 Å². The molecule has 1 rings (SSSR count). The number of non-ortho nitro benzene ring substituents is 1. The molecule has 0 bridgehead atoms. The molecule has 0 aromatic heterocycles. The largest absolute Gasteiger partial charge is 0.450 e. The number of amides is 2. The predicted octanol–water partition coefficient (Wildman–Crippen LogP) is 3.31. The lowest BCUT2D eigenvalue weighted by Gasteiger charge is -2.08. The van der Waals surface area contributed by atoms with Gasteiger partial charge < -0.3 is 10.5 Å². The van der Waals surface area contributed by atoms with Gasteiger partial charge in [0.1, 0.15) is 0 Å². The molecule has 3 N–H and O–H groups in total. The summed E-state index contributed by atoms with van der Waals surface area (Å²) in [6.07, 6.45) is -0.770. The number of rotatable bonds is 4. The van der Waals surface area contributed by atoms with Crippen LogP contribution in [0, 0.1) is 10.1 Å². The average molecular weight is 313 g/mol. The number of nitrogens with zero attached hydrogens (tertiary/aromatic N) is 1. The summed E-state index contributed by atoms with van der Waals surface area (Å²) in [6, 6.07) is 3.35. The van der Waals surface area contributed by atoms with Gasteiger partial charge in [-0.05, 0) is 13.0 Å². The van der Waals surface area contributed by atoms with Crippen LogP contribution in [-0.2, 0) is 4.74 Å². The second kappa shape index (κ2) is 12.1. The fraction of sp³-hybridized carbons (Fsp3) is 0.429. The number of carbonyl (C=O) groups is 2. The molecule has 0 unspecified atom stereocenters. The van der Waals surface area contributed by atoms with E-state index in [1.807, 2.05) is 27.7 Å². The van der Waals surface area contributed by atoms with Gasteiger partial charge in [-0.1, -0.05) is 27.7 Å². The smallest absolute Gasteiger partial charge is 0.411 e. The van der Waals surface area contributed by atoms with Gasteiger partial charge in [-0.25, -0.2) is 4.79 Å². The third-order valence-electron chi connectivity index (χ3n) is 1.99. The summed E-state index contributed by atoms with van der Waals surface area (Å²) < 4.78 is 4.62. The summed E-state index contributed by atoms with van der Waals surface area (Å²) >= 11 is 0. The van der Waals surface area contributed by atoms with Crippen molar-refractivity contribution in [2.75, 3.05) is 11.9 Å². The first kappa shape index (κ1) is 21.7. The zero-order valence-electron chi connectivity index (χ0n) is 13.5. The summed E-state index contributed by atoms with van der Waals surface area (Å²) in [6.45, 7) is 9.77. The molecule has 1 aromatic carbocycles. The summed E-state index contributed by atoms with van der Waals surface area (Å²) in [5, 5.41) is 12.8. The molecular formula is C14H23N3O5. The first-order valence-corrected chi connectivity index (χ1v) is 6.97. The Labute approximate surface area is 129 Å². The molecule has 22 heavy (non-hydrogen) atoms. The van der Waals surface area contributed by atoms with Crippen molar-refractivity contribution in [3.63, 3.8) is 0 Å². The predicted molar refractivity (Wildman–Crippen MR) is 85.0 cm³/mol. The van der Waals surface area contributed by atoms with Gasteiger partial charge in [0.05, 0.1) is 22.8 Å². The molecule has 8 nitrogen and oxygen atoms in total. The number of hydrogen-bond acceptors (Lipinski definition) is 5. The van der Waals surface area contributed by atoms with Crippen LogP contribution in [-0.4, -0.2) is 23.5 Å². The molecule has 0 saturated heterocycles. The highest BCUT2D eigenvalue weighted by atomic mass is 16.6. The van der Waals surface area contributed by atoms with Gasteiger partial charge in [0.2, 0.25) is 0 Å². The monoisotopic (exact) mass is 313 g/mol. The molecule has 2 amide bonds. The highest BCUT2D eigenvalue weighted by Gasteiger charge is 2.16. The zero-order valence-corrected chi connectivity index (χ0v) is 13.5. The van der Waals surface area contributed by atoms with Crippen LogP contribution in [0.2, 0.25) is 0 Å². The van der Waals surface area contributed by atoms with E-state index < -0.39 is 16.9 Å². The van der Waals surface area contributed by atoms with Gasteiger partial charge in [-0.15, -0.1) is 0 Å². The van der Waals surface area contributed by atoms with Crippen LogP contribution in [0.1, 0.15) is 45.0 Å². The van der Waals surface area contributed by atoms with Gasteiger partial charge in [0.15, 0.2) is 0 Å². The van der Waals surface area contributed by atoms with E-state index in [0.717, 1.165) is 12.1 Å². The van der Waals surface area contributed by atoms with Crippen molar-refractivity contribution < 1.29 is 19.2 Å². The molecule has 124 valence electrons. The number of ether oxygens (including phenoxy) is 1. The van der Waals surface area contributed by atoms with Crippen molar-refractivity contribution in [1.82, 2.24) is 0 Å². The molecule has 0 aliphatic rings. The molecule has 0 heterocycles. The van der Waals surface area contributed by atoms with Gasteiger partial charge >= 0.3 is 6.09 Å². The highest BCUT2D eigenvalue weighted by Crippen LogP contribution is 2.21. The van der Waals surface area contributed by atoms with E-state index in [4.69, 9.17) is 5.73 Å². The molecule has 0 aliphatic carbocycles. The molecule has 0 radical (unpaired) electrons. The number of nitrogens with two attached hydrogens (primary N) is 1. The summed E-state index contributed by atoms with van der Waals surface area (Å²) in [4.78, 5) is 32.2. The van der Waals surface area contributed by atoms with E-state index in [1.165, 1.54) is 6.07 Å². The molecule has 0 fully saturated rings. The minimum atomic E-state index is -0.884. The van der Waals surface area contributed by atoms with Crippen molar-refractivity contribution >= 4 is 23.4 Å². The Morgan fingerprint density at radius 1 is 1.27 bits per heavy atom. The number of nitro groups is 1. The molecule has 0 saturated carbocycles. The van der Waals surface area contributed by atoms with Crippen molar-refractivity contribution in [3.8, 4) is 0 Å². The van der Waals surface area contributed by atoms with Crippen LogP contribution < -0.4 is 11.1 Å². The lowest BCUT2D eigenvalue weighted by molar-refractivity contribution is -0.384. The first-order chi connectivity index (χ1) is 10.5. The Balaban J connectivity index is 0. The van der Waals surface area contributed by atoms with E-state index in [-0.39, 0.29) is 23.5 Å². The van der Waals surface area contributed by atoms with E-state index in [0.29, 0.717) is 0 Å². The molecule has 1 aromatic rings.